The predicted molar refractivity (Wildman–Crippen MR) is 112 cm³/mol. The molecule has 0 saturated heterocycles. The number of aryl methyl sites for hydroxylation is 1. The van der Waals surface area contributed by atoms with E-state index in [0.29, 0.717) is 11.4 Å². The van der Waals surface area contributed by atoms with E-state index in [1.54, 1.807) is 0 Å². The summed E-state index contributed by atoms with van der Waals surface area (Å²) in [5, 5.41) is 4.29. The third-order valence-corrected chi connectivity index (χ3v) is 5.27. The SMILES string of the molecule is CCCC(=O)c1ccccc1-c1cc(C)c2c(c1Cl)C(C)=CC(C)(C)N2. The number of Topliss-reactive ketones (excluding diaryl/α,β-unsaturated/α-hetero) is 1. The van der Waals surface area contributed by atoms with E-state index >= 15 is 0 Å². The van der Waals surface area contributed by atoms with E-state index < -0.39 is 0 Å². The largest absolute Gasteiger partial charge is 0.376 e. The van der Waals surface area contributed by atoms with Crippen molar-refractivity contribution in [1.29, 1.82) is 0 Å². The van der Waals surface area contributed by atoms with E-state index in [0.717, 1.165) is 45.5 Å². The van der Waals surface area contributed by atoms with Crippen molar-refractivity contribution in [3.05, 3.63) is 58.1 Å². The Bertz CT molecular complexity index is 909. The van der Waals surface area contributed by atoms with Gasteiger partial charge in [0.15, 0.2) is 5.78 Å². The topological polar surface area (TPSA) is 29.1 Å². The number of carbonyl (C=O) groups is 1. The summed E-state index contributed by atoms with van der Waals surface area (Å²) in [6.07, 6.45) is 3.59. The number of ketones is 1. The van der Waals surface area contributed by atoms with Crippen molar-refractivity contribution in [2.24, 2.45) is 0 Å². The summed E-state index contributed by atoms with van der Waals surface area (Å²) in [5.74, 6) is 0.168. The van der Waals surface area contributed by atoms with Crippen LogP contribution in [0.5, 0.6) is 0 Å². The summed E-state index contributed by atoms with van der Waals surface area (Å²) in [6, 6.07) is 9.88. The van der Waals surface area contributed by atoms with Crippen LogP contribution >= 0.6 is 11.6 Å². The van der Waals surface area contributed by atoms with Crippen LogP contribution in [0.3, 0.4) is 0 Å². The highest BCUT2D eigenvalue weighted by atomic mass is 35.5. The van der Waals surface area contributed by atoms with Gasteiger partial charge >= 0.3 is 0 Å². The highest BCUT2D eigenvalue weighted by Gasteiger charge is 2.27. The normalized spacial score (nSPS) is 15.1. The molecule has 26 heavy (non-hydrogen) atoms. The molecule has 3 heteroatoms. The van der Waals surface area contributed by atoms with Crippen molar-refractivity contribution in [3.8, 4) is 11.1 Å². The number of halogens is 1. The van der Waals surface area contributed by atoms with Crippen LogP contribution in [0.2, 0.25) is 5.02 Å². The Balaban J connectivity index is 2.23. The van der Waals surface area contributed by atoms with Crippen LogP contribution in [-0.4, -0.2) is 11.3 Å². The van der Waals surface area contributed by atoms with Crippen molar-refractivity contribution in [3.63, 3.8) is 0 Å². The molecule has 0 spiro atoms. The second-order valence-corrected chi connectivity index (χ2v) is 8.08. The zero-order valence-electron chi connectivity index (χ0n) is 16.2. The van der Waals surface area contributed by atoms with Gasteiger partial charge in [0, 0.05) is 28.8 Å². The summed E-state index contributed by atoms with van der Waals surface area (Å²) in [4.78, 5) is 12.6. The number of rotatable bonds is 4. The average molecular weight is 368 g/mol. The van der Waals surface area contributed by atoms with Crippen molar-refractivity contribution < 1.29 is 4.79 Å². The standard InChI is InChI=1S/C23H26ClNO/c1-6-9-19(26)17-11-8-7-10-16(17)18-12-14(2)22-20(21(18)24)15(3)13-23(4,5)25-22/h7-8,10-13,25H,6,9H2,1-5H3. The molecule has 0 unspecified atom stereocenters. The quantitative estimate of drug-likeness (QED) is 0.595. The third kappa shape index (κ3) is 3.31. The summed E-state index contributed by atoms with van der Waals surface area (Å²) in [6.45, 7) is 10.5. The molecule has 0 fully saturated rings. The summed E-state index contributed by atoms with van der Waals surface area (Å²) >= 11 is 6.88. The van der Waals surface area contributed by atoms with Crippen molar-refractivity contribution in [1.82, 2.24) is 0 Å². The Morgan fingerprint density at radius 2 is 1.85 bits per heavy atom. The van der Waals surface area contributed by atoms with Crippen LogP contribution in [0.4, 0.5) is 5.69 Å². The van der Waals surface area contributed by atoms with Gasteiger partial charge in [0.2, 0.25) is 0 Å². The third-order valence-electron chi connectivity index (χ3n) is 4.87. The fourth-order valence-electron chi connectivity index (χ4n) is 3.82. The first-order valence-corrected chi connectivity index (χ1v) is 9.56. The van der Waals surface area contributed by atoms with Crippen LogP contribution in [0.1, 0.15) is 62.0 Å². The molecular formula is C23H26ClNO. The van der Waals surface area contributed by atoms with Gasteiger partial charge in [-0.25, -0.2) is 0 Å². The lowest BCUT2D eigenvalue weighted by atomic mass is 9.86. The van der Waals surface area contributed by atoms with E-state index in [1.165, 1.54) is 0 Å². The molecule has 3 rings (SSSR count). The maximum absolute atomic E-state index is 12.6. The Hall–Kier alpha value is -2.06. The van der Waals surface area contributed by atoms with Crippen LogP contribution in [0.15, 0.2) is 36.4 Å². The van der Waals surface area contributed by atoms with Crippen LogP contribution in [-0.2, 0) is 0 Å². The Labute approximate surface area is 161 Å². The highest BCUT2D eigenvalue weighted by molar-refractivity contribution is 6.36. The maximum Gasteiger partial charge on any atom is 0.163 e. The maximum atomic E-state index is 12.6. The molecule has 1 aliphatic rings. The molecule has 1 N–H and O–H groups in total. The van der Waals surface area contributed by atoms with Gasteiger partial charge < -0.3 is 5.32 Å². The zero-order chi connectivity index (χ0) is 19.1. The van der Waals surface area contributed by atoms with E-state index in [2.05, 4.69) is 45.2 Å². The molecule has 136 valence electrons. The molecule has 0 aromatic heterocycles. The molecule has 0 amide bonds. The number of allylic oxidation sites excluding steroid dienone is 1. The minimum Gasteiger partial charge on any atom is -0.376 e. The second-order valence-electron chi connectivity index (χ2n) is 7.70. The Morgan fingerprint density at radius 1 is 1.15 bits per heavy atom. The van der Waals surface area contributed by atoms with Crippen molar-refractivity contribution in [2.45, 2.75) is 53.0 Å². The van der Waals surface area contributed by atoms with Gasteiger partial charge in [-0.05, 0) is 56.9 Å². The van der Waals surface area contributed by atoms with Crippen LogP contribution < -0.4 is 5.32 Å². The molecular weight excluding hydrogens is 342 g/mol. The Kier molecular flexibility index (Phi) is 4.98. The molecule has 0 bridgehead atoms. The number of nitrogens with one attached hydrogen (secondary N) is 1. The first-order valence-electron chi connectivity index (χ1n) is 9.19. The van der Waals surface area contributed by atoms with E-state index in [-0.39, 0.29) is 11.3 Å². The molecule has 2 nitrogen and oxygen atoms in total. The minimum absolute atomic E-state index is 0.109. The van der Waals surface area contributed by atoms with Gasteiger partial charge in [-0.2, -0.15) is 0 Å². The first-order chi connectivity index (χ1) is 12.2. The lowest BCUT2D eigenvalue weighted by molar-refractivity contribution is 0.0982. The molecule has 0 radical (unpaired) electrons. The molecule has 2 aromatic rings. The van der Waals surface area contributed by atoms with Gasteiger partial charge in [-0.15, -0.1) is 0 Å². The lowest BCUT2D eigenvalue weighted by Gasteiger charge is -2.34. The number of fused-ring (bicyclic) bond motifs is 1. The molecule has 0 saturated carbocycles. The predicted octanol–water partition coefficient (Wildman–Crippen LogP) is 6.91. The number of carbonyl (C=O) groups excluding carboxylic acids is 1. The fourth-order valence-corrected chi connectivity index (χ4v) is 4.22. The Morgan fingerprint density at radius 3 is 2.54 bits per heavy atom. The van der Waals surface area contributed by atoms with Crippen LogP contribution in [0, 0.1) is 6.92 Å². The smallest absolute Gasteiger partial charge is 0.163 e. The van der Waals surface area contributed by atoms with Gasteiger partial charge in [-0.3, -0.25) is 4.79 Å². The summed E-state index contributed by atoms with van der Waals surface area (Å²) < 4.78 is 0. The minimum atomic E-state index is -0.109. The molecule has 0 atom stereocenters. The number of benzene rings is 2. The summed E-state index contributed by atoms with van der Waals surface area (Å²) in [5.41, 5.74) is 6.91. The number of hydrogen-bond acceptors (Lipinski definition) is 2. The van der Waals surface area contributed by atoms with Crippen molar-refractivity contribution >= 4 is 28.6 Å². The van der Waals surface area contributed by atoms with Crippen LogP contribution in [0.25, 0.3) is 16.7 Å². The molecule has 2 aromatic carbocycles. The van der Waals surface area contributed by atoms with Gasteiger partial charge in [0.25, 0.3) is 0 Å². The fraction of sp³-hybridized carbons (Fsp3) is 0.348. The van der Waals surface area contributed by atoms with Crippen molar-refractivity contribution in [2.75, 3.05) is 5.32 Å². The average Bonchev–Trinajstić information content (AvgIpc) is 2.57. The van der Waals surface area contributed by atoms with Gasteiger partial charge in [0.1, 0.15) is 0 Å². The molecule has 1 aliphatic heterocycles. The zero-order valence-corrected chi connectivity index (χ0v) is 16.9. The lowest BCUT2D eigenvalue weighted by Crippen LogP contribution is -2.32. The number of anilines is 1. The molecule has 1 heterocycles. The van der Waals surface area contributed by atoms with Gasteiger partial charge in [0.05, 0.1) is 10.6 Å². The van der Waals surface area contributed by atoms with E-state index in [4.69, 9.17) is 11.6 Å². The van der Waals surface area contributed by atoms with E-state index in [1.807, 2.05) is 31.2 Å². The summed E-state index contributed by atoms with van der Waals surface area (Å²) in [7, 11) is 0. The van der Waals surface area contributed by atoms with Gasteiger partial charge in [-0.1, -0.05) is 48.9 Å². The molecule has 0 aliphatic carbocycles. The van der Waals surface area contributed by atoms with E-state index in [9.17, 15) is 4.79 Å². The number of hydrogen-bond donors (Lipinski definition) is 1. The highest BCUT2D eigenvalue weighted by Crippen LogP contribution is 2.45. The monoisotopic (exact) mass is 367 g/mol. The first kappa shape index (κ1) is 18.7. The second kappa shape index (κ2) is 6.92.